The highest BCUT2D eigenvalue weighted by Crippen LogP contribution is 2.38. The molecule has 4 aromatic heterocycles. The topological polar surface area (TPSA) is 68.2 Å². The Morgan fingerprint density at radius 2 is 1.92 bits per heavy atom. The molecule has 0 N–H and O–H groups in total. The highest BCUT2D eigenvalue weighted by atomic mass is 32.1. The minimum absolute atomic E-state index is 0.143. The van der Waals surface area contributed by atoms with E-state index in [4.69, 9.17) is 14.7 Å². The highest BCUT2D eigenvalue weighted by Gasteiger charge is 2.26. The summed E-state index contributed by atoms with van der Waals surface area (Å²) in [6.07, 6.45) is 3.51. The van der Waals surface area contributed by atoms with Crippen LogP contribution in [0.4, 0.5) is 5.13 Å². The zero-order valence-electron chi connectivity index (χ0n) is 20.2. The first kappa shape index (κ1) is 23.3. The molecular weight excluding hydrogens is 500 g/mol. The van der Waals surface area contributed by atoms with E-state index in [-0.39, 0.29) is 5.91 Å². The van der Waals surface area contributed by atoms with Crippen LogP contribution in [-0.4, -0.2) is 28.0 Å². The Morgan fingerprint density at radius 1 is 1.03 bits per heavy atom. The lowest BCUT2D eigenvalue weighted by Crippen LogP contribution is -2.30. The largest absolute Gasteiger partial charge is 0.494 e. The molecule has 2 aromatic carbocycles. The van der Waals surface area contributed by atoms with Crippen LogP contribution in [0.3, 0.4) is 0 Å². The maximum Gasteiger partial charge on any atom is 0.261 e. The van der Waals surface area contributed by atoms with Gasteiger partial charge in [0.15, 0.2) is 5.13 Å². The first-order valence-corrected chi connectivity index (χ1v) is 13.4. The number of aryl methyl sites for hydroxylation is 1. The predicted molar refractivity (Wildman–Crippen MR) is 151 cm³/mol. The van der Waals surface area contributed by atoms with Crippen molar-refractivity contribution in [1.29, 1.82) is 0 Å². The zero-order chi connectivity index (χ0) is 25.4. The fraction of sp³-hybridized carbons (Fsp3) is 0.103. The Balaban J connectivity index is 1.54. The molecule has 0 fully saturated rings. The summed E-state index contributed by atoms with van der Waals surface area (Å²) < 4.78 is 6.57. The predicted octanol–water partition coefficient (Wildman–Crippen LogP) is 7.13. The third-order valence-electron chi connectivity index (χ3n) is 6.17. The lowest BCUT2D eigenvalue weighted by molar-refractivity contribution is 0.0986. The number of benzene rings is 2. The van der Waals surface area contributed by atoms with Gasteiger partial charge in [-0.1, -0.05) is 47.7 Å². The summed E-state index contributed by atoms with van der Waals surface area (Å²) in [6.45, 7) is 2.37. The average Bonchev–Trinajstić information content (AvgIpc) is 3.63. The Labute approximate surface area is 221 Å². The zero-order valence-corrected chi connectivity index (χ0v) is 21.8. The van der Waals surface area contributed by atoms with Crippen LogP contribution >= 0.6 is 22.7 Å². The lowest BCUT2D eigenvalue weighted by Gasteiger charge is -2.21. The molecule has 0 spiro atoms. The molecule has 37 heavy (non-hydrogen) atoms. The van der Waals surface area contributed by atoms with Crippen LogP contribution in [0.25, 0.3) is 31.7 Å². The number of nitrogens with zero attached hydrogens (tertiary/aromatic N) is 4. The van der Waals surface area contributed by atoms with Gasteiger partial charge >= 0.3 is 0 Å². The van der Waals surface area contributed by atoms with E-state index >= 15 is 0 Å². The van der Waals surface area contributed by atoms with Crippen molar-refractivity contribution in [2.24, 2.45) is 0 Å². The first-order valence-electron chi connectivity index (χ1n) is 11.7. The molecule has 0 radical (unpaired) electrons. The quantitative estimate of drug-likeness (QED) is 0.233. The first-order chi connectivity index (χ1) is 18.1. The minimum Gasteiger partial charge on any atom is -0.494 e. The second-order valence-corrected chi connectivity index (χ2v) is 10.5. The monoisotopic (exact) mass is 522 g/mol. The molecular formula is C29H22N4O2S2. The molecule has 0 bridgehead atoms. The van der Waals surface area contributed by atoms with Crippen LogP contribution in [0.1, 0.15) is 21.5 Å². The van der Waals surface area contributed by atoms with Crippen molar-refractivity contribution in [1.82, 2.24) is 15.0 Å². The summed E-state index contributed by atoms with van der Waals surface area (Å²) in [5.41, 5.74) is 4.89. The summed E-state index contributed by atoms with van der Waals surface area (Å²) in [5.74, 6) is 0.544. The fourth-order valence-electron chi connectivity index (χ4n) is 4.33. The van der Waals surface area contributed by atoms with E-state index in [1.807, 2.05) is 79.0 Å². The third-order valence-corrected chi connectivity index (χ3v) is 8.28. The van der Waals surface area contributed by atoms with Gasteiger partial charge in [-0.15, -0.1) is 11.3 Å². The number of methoxy groups -OCH3 is 1. The minimum atomic E-state index is -0.143. The lowest BCUT2D eigenvalue weighted by atomic mass is 10.1. The molecule has 182 valence electrons. The molecule has 1 amide bonds. The number of rotatable bonds is 6. The number of ether oxygens (including phenoxy) is 1. The number of thiazole rings is 1. The molecule has 0 saturated heterocycles. The van der Waals surface area contributed by atoms with E-state index in [1.165, 1.54) is 11.3 Å². The highest BCUT2D eigenvalue weighted by molar-refractivity contribution is 7.22. The van der Waals surface area contributed by atoms with Crippen molar-refractivity contribution in [2.75, 3.05) is 12.0 Å². The van der Waals surface area contributed by atoms with Gasteiger partial charge < -0.3 is 4.74 Å². The van der Waals surface area contributed by atoms with Crippen LogP contribution in [0.5, 0.6) is 5.75 Å². The fourth-order valence-corrected chi connectivity index (χ4v) is 6.06. The van der Waals surface area contributed by atoms with Crippen molar-refractivity contribution >= 4 is 54.8 Å². The standard InChI is InChI=1S/C29H22N4O2S2/c1-18-11-12-24(35-2)26-27(18)37-29(32-26)33(17-19-7-5-13-30-16-19)28(34)21-15-23(25-10-6-14-36-25)31-22-9-4-3-8-20(21)22/h3-16H,17H2,1-2H3. The van der Waals surface area contributed by atoms with E-state index < -0.39 is 0 Å². The van der Waals surface area contributed by atoms with E-state index in [0.29, 0.717) is 23.0 Å². The van der Waals surface area contributed by atoms with Gasteiger partial charge in [0.2, 0.25) is 0 Å². The second kappa shape index (κ2) is 9.72. The molecule has 8 heteroatoms. The van der Waals surface area contributed by atoms with Crippen molar-refractivity contribution < 1.29 is 9.53 Å². The molecule has 0 saturated carbocycles. The smallest absolute Gasteiger partial charge is 0.261 e. The number of amides is 1. The van der Waals surface area contributed by atoms with E-state index in [0.717, 1.165) is 42.8 Å². The number of aromatic nitrogens is 3. The van der Waals surface area contributed by atoms with Gasteiger partial charge in [0.05, 0.1) is 40.0 Å². The number of carbonyl (C=O) groups excluding carboxylic acids is 1. The number of anilines is 1. The third kappa shape index (κ3) is 4.34. The molecule has 6 rings (SSSR count). The van der Waals surface area contributed by atoms with Gasteiger partial charge in [-0.05, 0) is 53.8 Å². The van der Waals surface area contributed by atoms with Crippen molar-refractivity contribution in [2.45, 2.75) is 13.5 Å². The Kier molecular flexibility index (Phi) is 6.12. The summed E-state index contributed by atoms with van der Waals surface area (Å²) in [7, 11) is 1.64. The molecule has 0 unspecified atom stereocenters. The Bertz CT molecular complexity index is 1730. The SMILES string of the molecule is COc1ccc(C)c2sc(N(Cc3cccnc3)C(=O)c3cc(-c4cccs4)nc4ccccc34)nc12. The number of hydrogen-bond donors (Lipinski definition) is 0. The number of carbonyl (C=O) groups is 1. The van der Waals surface area contributed by atoms with Gasteiger partial charge in [0.25, 0.3) is 5.91 Å². The number of pyridine rings is 2. The molecule has 0 atom stereocenters. The second-order valence-electron chi connectivity index (χ2n) is 8.56. The van der Waals surface area contributed by atoms with Crippen LogP contribution < -0.4 is 9.64 Å². The van der Waals surface area contributed by atoms with E-state index in [9.17, 15) is 4.79 Å². The summed E-state index contributed by atoms with van der Waals surface area (Å²) in [6, 6.07) is 21.4. The molecule has 4 heterocycles. The summed E-state index contributed by atoms with van der Waals surface area (Å²) in [4.78, 5) is 31.2. The summed E-state index contributed by atoms with van der Waals surface area (Å²) in [5, 5.41) is 3.42. The van der Waals surface area contributed by atoms with Gasteiger partial charge in [0, 0.05) is 17.8 Å². The number of fused-ring (bicyclic) bond motifs is 2. The number of hydrogen-bond acceptors (Lipinski definition) is 7. The normalized spacial score (nSPS) is 11.2. The van der Waals surface area contributed by atoms with E-state index in [1.54, 1.807) is 35.7 Å². The van der Waals surface area contributed by atoms with E-state index in [2.05, 4.69) is 4.98 Å². The molecule has 6 nitrogen and oxygen atoms in total. The van der Waals surface area contributed by atoms with Gasteiger partial charge in [0.1, 0.15) is 11.3 Å². The van der Waals surface area contributed by atoms with Gasteiger partial charge in [-0.25, -0.2) is 9.97 Å². The number of para-hydroxylation sites is 1. The van der Waals surface area contributed by atoms with Crippen molar-refractivity contribution in [3.8, 4) is 16.3 Å². The van der Waals surface area contributed by atoms with Crippen LogP contribution in [0.2, 0.25) is 0 Å². The molecule has 6 aromatic rings. The van der Waals surface area contributed by atoms with Gasteiger partial charge in [-0.3, -0.25) is 14.7 Å². The number of thiophene rings is 1. The van der Waals surface area contributed by atoms with Gasteiger partial charge in [-0.2, -0.15) is 0 Å². The maximum atomic E-state index is 14.4. The average molecular weight is 523 g/mol. The molecule has 0 aliphatic heterocycles. The van der Waals surface area contributed by atoms with Crippen LogP contribution in [0, 0.1) is 6.92 Å². The van der Waals surface area contributed by atoms with Crippen molar-refractivity contribution in [3.05, 3.63) is 101 Å². The van der Waals surface area contributed by atoms with Crippen LogP contribution in [0.15, 0.2) is 84.5 Å². The maximum absolute atomic E-state index is 14.4. The molecule has 0 aliphatic rings. The Morgan fingerprint density at radius 3 is 2.70 bits per heavy atom. The van der Waals surface area contributed by atoms with Crippen LogP contribution in [-0.2, 0) is 6.54 Å². The summed E-state index contributed by atoms with van der Waals surface area (Å²) >= 11 is 3.09. The molecule has 0 aliphatic carbocycles. The Hall–Kier alpha value is -4.14. The van der Waals surface area contributed by atoms with Crippen molar-refractivity contribution in [3.63, 3.8) is 0 Å².